The lowest BCUT2D eigenvalue weighted by molar-refractivity contribution is -0.274. The van der Waals surface area contributed by atoms with Crippen LogP contribution in [-0.4, -0.2) is 52.7 Å². The normalized spacial score (nSPS) is 12.8. The van der Waals surface area contributed by atoms with Crippen LogP contribution in [0.4, 0.5) is 17.6 Å². The van der Waals surface area contributed by atoms with Gasteiger partial charge >= 0.3 is 6.36 Å². The summed E-state index contributed by atoms with van der Waals surface area (Å²) in [4.78, 5) is 27.5. The van der Waals surface area contributed by atoms with Gasteiger partial charge in [0.25, 0.3) is 5.91 Å². The molecule has 6 nitrogen and oxygen atoms in total. The quantitative estimate of drug-likeness (QED) is 0.251. The fourth-order valence-electron chi connectivity index (χ4n) is 3.88. The molecule has 1 aliphatic rings. The van der Waals surface area contributed by atoms with Crippen molar-refractivity contribution in [1.29, 1.82) is 0 Å². The van der Waals surface area contributed by atoms with E-state index in [-0.39, 0.29) is 24.1 Å². The molecule has 0 bridgehead atoms. The van der Waals surface area contributed by atoms with Gasteiger partial charge in [0, 0.05) is 42.9 Å². The number of nitrogens with zero attached hydrogens (tertiary/aromatic N) is 2. The van der Waals surface area contributed by atoms with Gasteiger partial charge in [0.1, 0.15) is 12.4 Å². The fourth-order valence-corrected chi connectivity index (χ4v) is 3.88. The Labute approximate surface area is 247 Å². The number of aliphatic hydroxyl groups is 1. The Morgan fingerprint density at radius 2 is 1.69 bits per heavy atom. The average Bonchev–Trinajstić information content (AvgIpc) is 2.93. The first-order chi connectivity index (χ1) is 19.8. The molecule has 2 aromatic rings. The lowest BCUT2D eigenvalue weighted by Crippen LogP contribution is -2.50. The van der Waals surface area contributed by atoms with Gasteiger partial charge in [-0.3, -0.25) is 14.6 Å². The molecule has 0 saturated carbocycles. The fraction of sp³-hybridized carbons (Fsp3) is 0.469. The van der Waals surface area contributed by atoms with Crippen molar-refractivity contribution in [1.82, 2.24) is 9.88 Å². The molecule has 1 N–H and O–H groups in total. The number of halogens is 4. The summed E-state index contributed by atoms with van der Waals surface area (Å²) in [5.74, 6) is -1.52. The lowest BCUT2D eigenvalue weighted by Gasteiger charge is -2.41. The standard InChI is InChI=1S/C18H23FN2O.C8H7F3O.C4H8O2.C2H6/c1-5-7-16-17(12(3)8-9-20-16)15(6-2)14-10-21(11-14)18(22)13(4)19;1-6-2-4-7(5-3-6)12-8(9,10)11;1-2-4(6)3-5;1-2/h6,8-9,14H,4-5,7,10-11H2,1-3H3;2-5H,1H3;5H,2-3H2,1H3;1-2H3. The van der Waals surface area contributed by atoms with Crippen molar-refractivity contribution in [2.75, 3.05) is 19.7 Å². The van der Waals surface area contributed by atoms with Gasteiger partial charge in [-0.2, -0.15) is 0 Å². The predicted octanol–water partition coefficient (Wildman–Crippen LogP) is 7.57. The van der Waals surface area contributed by atoms with E-state index >= 15 is 0 Å². The number of pyridine rings is 1. The van der Waals surface area contributed by atoms with E-state index in [4.69, 9.17) is 5.11 Å². The second-order valence-corrected chi connectivity index (χ2v) is 9.17. The number of Topliss-reactive ketones (excluding diaryl/α,β-unsaturated/α-hetero) is 1. The highest BCUT2D eigenvalue weighted by Gasteiger charge is 2.35. The molecule has 0 radical (unpaired) electrons. The zero-order valence-corrected chi connectivity index (χ0v) is 25.6. The van der Waals surface area contributed by atoms with Crippen LogP contribution in [0.2, 0.25) is 0 Å². The third-order valence-corrected chi connectivity index (χ3v) is 5.99. The molecule has 10 heteroatoms. The largest absolute Gasteiger partial charge is 0.573 e. The first-order valence-corrected chi connectivity index (χ1v) is 14.0. The molecule has 1 saturated heterocycles. The number of aromatic nitrogens is 1. The van der Waals surface area contributed by atoms with Crippen molar-refractivity contribution in [2.24, 2.45) is 5.92 Å². The van der Waals surface area contributed by atoms with Crippen LogP contribution in [0.15, 0.2) is 55.0 Å². The average molecular weight is 597 g/mol. The maximum absolute atomic E-state index is 12.9. The van der Waals surface area contributed by atoms with Crippen molar-refractivity contribution < 1.29 is 37.0 Å². The van der Waals surface area contributed by atoms with Gasteiger partial charge in [-0.25, -0.2) is 4.39 Å². The summed E-state index contributed by atoms with van der Waals surface area (Å²) in [6.45, 7) is 17.6. The van der Waals surface area contributed by atoms with Gasteiger partial charge in [-0.05, 0) is 56.5 Å². The summed E-state index contributed by atoms with van der Waals surface area (Å²) in [6.07, 6.45) is 1.76. The molecule has 234 valence electrons. The minimum atomic E-state index is -4.60. The van der Waals surface area contributed by atoms with Crippen LogP contribution in [0.1, 0.15) is 69.8 Å². The number of rotatable bonds is 8. The molecule has 1 aromatic heterocycles. The van der Waals surface area contributed by atoms with E-state index in [0.717, 1.165) is 24.1 Å². The van der Waals surface area contributed by atoms with Gasteiger partial charge in [0.15, 0.2) is 11.6 Å². The molecule has 3 rings (SSSR count). The maximum Gasteiger partial charge on any atom is 0.573 e. The molecule has 1 aromatic carbocycles. The van der Waals surface area contributed by atoms with Crippen LogP contribution in [0.25, 0.3) is 5.57 Å². The highest BCUT2D eigenvalue weighted by Crippen LogP contribution is 2.35. The Bertz CT molecular complexity index is 1150. The number of allylic oxidation sites excluding steroid dienone is 1. The zero-order valence-electron chi connectivity index (χ0n) is 25.6. The van der Waals surface area contributed by atoms with Gasteiger partial charge in [0.2, 0.25) is 0 Å². The Balaban J connectivity index is 0.000000703. The number of ketones is 1. The number of aryl methyl sites for hydroxylation is 3. The number of benzene rings is 1. The number of amides is 1. The van der Waals surface area contributed by atoms with E-state index in [1.165, 1.54) is 33.7 Å². The number of alkyl halides is 3. The van der Waals surface area contributed by atoms with Crippen molar-refractivity contribution in [2.45, 2.75) is 74.1 Å². The smallest absolute Gasteiger partial charge is 0.406 e. The van der Waals surface area contributed by atoms with E-state index in [0.29, 0.717) is 19.5 Å². The van der Waals surface area contributed by atoms with Crippen LogP contribution in [-0.2, 0) is 16.0 Å². The number of ether oxygens (including phenoxy) is 1. The molecule has 1 fully saturated rings. The molecular weight excluding hydrogens is 552 g/mol. The lowest BCUT2D eigenvalue weighted by atomic mass is 9.83. The Hall–Kier alpha value is -3.53. The third kappa shape index (κ3) is 13.4. The van der Waals surface area contributed by atoms with Crippen LogP contribution < -0.4 is 4.74 Å². The molecular formula is C32H44F4N2O4. The van der Waals surface area contributed by atoms with Crippen LogP contribution >= 0.6 is 0 Å². The summed E-state index contributed by atoms with van der Waals surface area (Å²) in [7, 11) is 0. The third-order valence-electron chi connectivity index (χ3n) is 5.99. The summed E-state index contributed by atoms with van der Waals surface area (Å²) in [5, 5.41) is 7.99. The minimum Gasteiger partial charge on any atom is -0.406 e. The number of hydrogen-bond acceptors (Lipinski definition) is 5. The maximum atomic E-state index is 12.9. The van der Waals surface area contributed by atoms with Gasteiger partial charge in [0.05, 0.1) is 0 Å². The van der Waals surface area contributed by atoms with Crippen molar-refractivity contribution in [3.8, 4) is 5.75 Å². The molecule has 1 aliphatic heterocycles. The number of carbonyl (C=O) groups excluding carboxylic acids is 2. The first-order valence-electron chi connectivity index (χ1n) is 14.0. The Morgan fingerprint density at radius 3 is 2.10 bits per heavy atom. The van der Waals surface area contributed by atoms with E-state index in [1.54, 1.807) is 26.0 Å². The second-order valence-electron chi connectivity index (χ2n) is 9.17. The monoisotopic (exact) mass is 596 g/mol. The highest BCUT2D eigenvalue weighted by molar-refractivity contribution is 5.92. The molecule has 1 amide bonds. The predicted molar refractivity (Wildman–Crippen MR) is 159 cm³/mol. The zero-order chi connectivity index (χ0) is 32.5. The number of aliphatic hydroxyl groups excluding tert-OH is 1. The van der Waals surface area contributed by atoms with Crippen LogP contribution in [0, 0.1) is 19.8 Å². The van der Waals surface area contributed by atoms with Gasteiger partial charge in [-0.1, -0.05) is 64.5 Å². The number of hydrogen-bond donors (Lipinski definition) is 1. The van der Waals surface area contributed by atoms with E-state index in [1.807, 2.05) is 33.0 Å². The van der Waals surface area contributed by atoms with Crippen molar-refractivity contribution >= 4 is 17.3 Å². The summed E-state index contributed by atoms with van der Waals surface area (Å²) in [6, 6.07) is 7.69. The number of carbonyl (C=O) groups is 2. The summed E-state index contributed by atoms with van der Waals surface area (Å²) in [5.41, 5.74) is 5.61. The van der Waals surface area contributed by atoms with E-state index in [9.17, 15) is 27.2 Å². The number of likely N-dealkylation sites (tertiary alicyclic amines) is 1. The van der Waals surface area contributed by atoms with Crippen molar-refractivity contribution in [3.05, 3.63) is 77.4 Å². The van der Waals surface area contributed by atoms with Gasteiger partial charge < -0.3 is 14.7 Å². The SMILES string of the molecule is C=C(F)C(=O)N1CC(C(=CC)c2c(C)ccnc2CCC)C1.CC.CCC(=O)CO.Cc1ccc(OC(F)(F)F)cc1. The summed E-state index contributed by atoms with van der Waals surface area (Å²) < 4.78 is 51.4. The van der Waals surface area contributed by atoms with Crippen LogP contribution in [0.5, 0.6) is 5.75 Å². The van der Waals surface area contributed by atoms with E-state index in [2.05, 4.69) is 36.2 Å². The second kappa shape index (κ2) is 19.6. The molecule has 42 heavy (non-hydrogen) atoms. The van der Waals surface area contributed by atoms with E-state index < -0.39 is 18.1 Å². The first kappa shape index (κ1) is 38.5. The van der Waals surface area contributed by atoms with Crippen molar-refractivity contribution in [3.63, 3.8) is 0 Å². The molecule has 0 atom stereocenters. The molecule has 0 aliphatic carbocycles. The summed E-state index contributed by atoms with van der Waals surface area (Å²) >= 11 is 0. The minimum absolute atomic E-state index is 0.102. The van der Waals surface area contributed by atoms with Crippen LogP contribution in [0.3, 0.4) is 0 Å². The highest BCUT2D eigenvalue weighted by atomic mass is 19.4. The Kier molecular flexibility index (Phi) is 17.9. The topological polar surface area (TPSA) is 79.7 Å². The van der Waals surface area contributed by atoms with Gasteiger partial charge in [-0.15, -0.1) is 13.2 Å². The molecule has 0 unspecified atom stereocenters. The molecule has 2 heterocycles. The molecule has 0 spiro atoms. The Morgan fingerprint density at radius 1 is 1.12 bits per heavy atom.